The van der Waals surface area contributed by atoms with Gasteiger partial charge in [-0.2, -0.15) is 0 Å². The van der Waals surface area contributed by atoms with E-state index in [-0.39, 0.29) is 28.6 Å². The number of aliphatic imine (C=N–C) groups is 1. The number of ether oxygens (including phenoxy) is 5. The molecule has 0 bridgehead atoms. The highest BCUT2D eigenvalue weighted by molar-refractivity contribution is 6.14. The summed E-state index contributed by atoms with van der Waals surface area (Å²) in [6, 6.07) is 7.20. The summed E-state index contributed by atoms with van der Waals surface area (Å²) in [4.78, 5) is 27.1. The lowest BCUT2D eigenvalue weighted by Gasteiger charge is -2.12. The van der Waals surface area contributed by atoms with Gasteiger partial charge >= 0.3 is 5.97 Å². The zero-order valence-corrected chi connectivity index (χ0v) is 16.6. The Morgan fingerprint density at radius 3 is 2.13 bits per heavy atom. The van der Waals surface area contributed by atoms with Crippen LogP contribution in [0, 0.1) is 10.1 Å². The zero-order chi connectivity index (χ0) is 21.8. The lowest BCUT2D eigenvalue weighted by Crippen LogP contribution is -2.07. The largest absolute Gasteiger partial charge is 0.496 e. The minimum atomic E-state index is -0.715. The SMILES string of the molecule is COc1ccc([N+](=O)[O-])cc1C1=N/C(=C/c2cc(OC)c(OC)c(OC)c2)C(=O)O1. The molecule has 10 heteroatoms. The number of carbonyl (C=O) groups excluding carboxylic acids is 1. The average Bonchev–Trinajstić information content (AvgIpc) is 3.12. The maximum absolute atomic E-state index is 12.3. The molecular formula is C20H18N2O8. The van der Waals surface area contributed by atoms with Crippen molar-refractivity contribution in [2.24, 2.45) is 4.99 Å². The summed E-state index contributed by atoms with van der Waals surface area (Å²) < 4.78 is 26.3. The monoisotopic (exact) mass is 414 g/mol. The minimum absolute atomic E-state index is 0.00664. The highest BCUT2D eigenvalue weighted by atomic mass is 16.6. The molecule has 0 aromatic heterocycles. The van der Waals surface area contributed by atoms with E-state index in [1.54, 1.807) is 12.1 Å². The fraction of sp³-hybridized carbons (Fsp3) is 0.200. The third kappa shape index (κ3) is 3.88. The summed E-state index contributed by atoms with van der Waals surface area (Å²) in [7, 11) is 5.83. The third-order valence-corrected chi connectivity index (χ3v) is 4.24. The Hall–Kier alpha value is -4.08. The Balaban J connectivity index is 2.06. The Morgan fingerprint density at radius 1 is 0.967 bits per heavy atom. The first kappa shape index (κ1) is 20.6. The topological polar surface area (TPSA) is 119 Å². The van der Waals surface area contributed by atoms with Crippen LogP contribution in [0.1, 0.15) is 11.1 Å². The van der Waals surface area contributed by atoms with E-state index in [4.69, 9.17) is 23.7 Å². The van der Waals surface area contributed by atoms with Crippen molar-refractivity contribution in [3.05, 3.63) is 57.3 Å². The molecule has 0 spiro atoms. The summed E-state index contributed by atoms with van der Waals surface area (Å²) in [5, 5.41) is 11.1. The molecule has 1 aliphatic heterocycles. The van der Waals surface area contributed by atoms with E-state index in [9.17, 15) is 14.9 Å². The normalized spacial score (nSPS) is 14.2. The van der Waals surface area contributed by atoms with Gasteiger partial charge in [0.25, 0.3) is 5.69 Å². The van der Waals surface area contributed by atoms with E-state index >= 15 is 0 Å². The van der Waals surface area contributed by atoms with E-state index in [1.807, 2.05) is 0 Å². The summed E-state index contributed by atoms with van der Waals surface area (Å²) in [6.07, 6.45) is 1.48. The van der Waals surface area contributed by atoms with Gasteiger partial charge in [0, 0.05) is 12.1 Å². The first-order valence-corrected chi connectivity index (χ1v) is 8.57. The van der Waals surface area contributed by atoms with Crippen molar-refractivity contribution in [2.75, 3.05) is 28.4 Å². The summed E-state index contributed by atoms with van der Waals surface area (Å²) >= 11 is 0. The molecule has 2 aromatic carbocycles. The average molecular weight is 414 g/mol. The van der Waals surface area contributed by atoms with Crippen LogP contribution in [0.2, 0.25) is 0 Å². The Bertz CT molecular complexity index is 1050. The molecule has 156 valence electrons. The summed E-state index contributed by atoms with van der Waals surface area (Å²) in [5.74, 6) is 0.675. The molecule has 0 saturated heterocycles. The van der Waals surface area contributed by atoms with Crippen LogP contribution in [0.15, 0.2) is 41.0 Å². The second kappa shape index (κ2) is 8.52. The van der Waals surface area contributed by atoms with Crippen molar-refractivity contribution in [2.45, 2.75) is 0 Å². The fourth-order valence-electron chi connectivity index (χ4n) is 2.84. The van der Waals surface area contributed by atoms with Gasteiger partial charge in [0.05, 0.1) is 38.9 Å². The first-order valence-electron chi connectivity index (χ1n) is 8.57. The van der Waals surface area contributed by atoms with Crippen molar-refractivity contribution < 1.29 is 33.4 Å². The maximum Gasteiger partial charge on any atom is 0.363 e. The molecule has 1 heterocycles. The maximum atomic E-state index is 12.3. The number of non-ortho nitro benzene ring substituents is 1. The third-order valence-electron chi connectivity index (χ3n) is 4.24. The van der Waals surface area contributed by atoms with Gasteiger partial charge in [-0.15, -0.1) is 0 Å². The lowest BCUT2D eigenvalue weighted by molar-refractivity contribution is -0.384. The molecule has 0 radical (unpaired) electrons. The predicted octanol–water partition coefficient (Wildman–Crippen LogP) is 2.97. The number of methoxy groups -OCH3 is 4. The van der Waals surface area contributed by atoms with E-state index in [0.29, 0.717) is 22.8 Å². The molecular weight excluding hydrogens is 396 g/mol. The van der Waals surface area contributed by atoms with Crippen LogP contribution in [0.3, 0.4) is 0 Å². The van der Waals surface area contributed by atoms with Crippen LogP contribution >= 0.6 is 0 Å². The van der Waals surface area contributed by atoms with Crippen molar-refractivity contribution in [3.63, 3.8) is 0 Å². The highest BCUT2D eigenvalue weighted by Gasteiger charge is 2.28. The smallest absolute Gasteiger partial charge is 0.363 e. The van der Waals surface area contributed by atoms with Crippen LogP contribution in [-0.4, -0.2) is 45.2 Å². The number of hydrogen-bond donors (Lipinski definition) is 0. The lowest BCUT2D eigenvalue weighted by atomic mass is 10.1. The molecule has 0 amide bonds. The summed E-state index contributed by atoms with van der Waals surface area (Å²) in [6.45, 7) is 0. The number of rotatable bonds is 7. The van der Waals surface area contributed by atoms with Gasteiger partial charge in [-0.3, -0.25) is 10.1 Å². The molecule has 0 atom stereocenters. The molecule has 10 nitrogen and oxygen atoms in total. The summed E-state index contributed by atoms with van der Waals surface area (Å²) in [5.41, 5.74) is 0.542. The number of nitro benzene ring substituents is 1. The number of nitrogens with zero attached hydrogens (tertiary/aromatic N) is 2. The van der Waals surface area contributed by atoms with Crippen LogP contribution in [0.5, 0.6) is 23.0 Å². The molecule has 1 aliphatic rings. The van der Waals surface area contributed by atoms with E-state index in [0.717, 1.165) is 0 Å². The van der Waals surface area contributed by atoms with Crippen LogP contribution in [-0.2, 0) is 9.53 Å². The number of hydrogen-bond acceptors (Lipinski definition) is 9. The van der Waals surface area contributed by atoms with Gasteiger partial charge in [-0.05, 0) is 29.8 Å². The fourth-order valence-corrected chi connectivity index (χ4v) is 2.84. The van der Waals surface area contributed by atoms with Gasteiger partial charge in [0.15, 0.2) is 17.2 Å². The van der Waals surface area contributed by atoms with Crippen LogP contribution in [0.4, 0.5) is 5.69 Å². The Labute approximate surface area is 171 Å². The highest BCUT2D eigenvalue weighted by Crippen LogP contribution is 2.39. The zero-order valence-electron chi connectivity index (χ0n) is 16.6. The second-order valence-electron chi connectivity index (χ2n) is 5.94. The molecule has 0 unspecified atom stereocenters. The van der Waals surface area contributed by atoms with Gasteiger partial charge in [0.2, 0.25) is 11.6 Å². The van der Waals surface area contributed by atoms with Gasteiger partial charge in [0.1, 0.15) is 5.75 Å². The number of nitro groups is 1. The van der Waals surface area contributed by atoms with Crippen molar-refractivity contribution in [1.29, 1.82) is 0 Å². The molecule has 3 rings (SSSR count). The van der Waals surface area contributed by atoms with Gasteiger partial charge in [-0.25, -0.2) is 9.79 Å². The molecule has 30 heavy (non-hydrogen) atoms. The molecule has 0 aliphatic carbocycles. The first-order chi connectivity index (χ1) is 14.4. The predicted molar refractivity (Wildman–Crippen MR) is 106 cm³/mol. The molecule has 0 N–H and O–H groups in total. The quantitative estimate of drug-likeness (QED) is 0.294. The van der Waals surface area contributed by atoms with Crippen molar-refractivity contribution in [3.8, 4) is 23.0 Å². The van der Waals surface area contributed by atoms with Gasteiger partial charge < -0.3 is 23.7 Å². The number of benzene rings is 2. The molecule has 0 saturated carbocycles. The number of esters is 1. The minimum Gasteiger partial charge on any atom is -0.496 e. The van der Waals surface area contributed by atoms with E-state index in [1.165, 1.54) is 52.7 Å². The Kier molecular flexibility index (Phi) is 5.86. The standard InChI is InChI=1S/C20H18N2O8/c1-26-15-6-5-12(22(24)25)10-13(15)19-21-14(20(23)30-19)7-11-8-16(27-2)18(29-4)17(9-11)28-3/h5-10H,1-4H3/b14-7+. The molecule has 0 fully saturated rings. The van der Waals surface area contributed by atoms with Crippen molar-refractivity contribution in [1.82, 2.24) is 0 Å². The van der Waals surface area contributed by atoms with Crippen LogP contribution < -0.4 is 18.9 Å². The van der Waals surface area contributed by atoms with E-state index < -0.39 is 10.9 Å². The Morgan fingerprint density at radius 2 is 1.60 bits per heavy atom. The number of cyclic esters (lactones) is 1. The van der Waals surface area contributed by atoms with Gasteiger partial charge in [-0.1, -0.05) is 0 Å². The van der Waals surface area contributed by atoms with Crippen LogP contribution in [0.25, 0.3) is 6.08 Å². The van der Waals surface area contributed by atoms with Crippen molar-refractivity contribution >= 4 is 23.6 Å². The molecule has 2 aromatic rings. The number of carbonyl (C=O) groups is 1. The van der Waals surface area contributed by atoms with E-state index in [2.05, 4.69) is 4.99 Å². The second-order valence-corrected chi connectivity index (χ2v) is 5.94.